The van der Waals surface area contributed by atoms with E-state index in [0.29, 0.717) is 24.3 Å². The first-order valence-electron chi connectivity index (χ1n) is 9.49. The molecule has 0 unspecified atom stereocenters. The van der Waals surface area contributed by atoms with Crippen molar-refractivity contribution in [2.75, 3.05) is 11.5 Å². The maximum Gasteiger partial charge on any atom is 0.460 e. The first-order valence-corrected chi connectivity index (χ1v) is 9.49. The molecule has 2 aromatic rings. The molecule has 214 valence electrons. The van der Waals surface area contributed by atoms with Gasteiger partial charge in [0, 0.05) is 11.4 Å². The molecule has 0 saturated heterocycles. The average Bonchev–Trinajstić information content (AvgIpc) is 2.74. The van der Waals surface area contributed by atoms with E-state index in [1.54, 1.807) is 0 Å². The van der Waals surface area contributed by atoms with Crippen LogP contribution in [-0.2, 0) is 5.41 Å². The summed E-state index contributed by atoms with van der Waals surface area (Å²) >= 11 is 0. The molecule has 0 radical (unpaired) electrons. The van der Waals surface area contributed by atoms with Crippen molar-refractivity contribution < 1.29 is 70.2 Å². The summed E-state index contributed by atoms with van der Waals surface area (Å²) in [5.74, 6) is -40.8. The Kier molecular flexibility index (Phi) is 7.15. The van der Waals surface area contributed by atoms with Gasteiger partial charge in [0.15, 0.2) is 5.41 Å². The van der Waals surface area contributed by atoms with Gasteiger partial charge in [0.1, 0.15) is 0 Å². The third-order valence-electron chi connectivity index (χ3n) is 5.52. The molecular weight excluding hydrogens is 572 g/mol. The fourth-order valence-corrected chi connectivity index (χ4v) is 3.51. The highest BCUT2D eigenvalue weighted by Crippen LogP contribution is 2.67. The summed E-state index contributed by atoms with van der Waals surface area (Å²) in [6.45, 7) is 0. The minimum absolute atomic E-state index is 0.0379. The molecule has 0 aliphatic rings. The van der Waals surface area contributed by atoms with Gasteiger partial charge in [-0.3, -0.25) is 0 Å². The normalized spacial score (nSPS) is 15.1. The number of hydrogen-bond donors (Lipinski definition) is 2. The van der Waals surface area contributed by atoms with E-state index in [2.05, 4.69) is 0 Å². The van der Waals surface area contributed by atoms with Gasteiger partial charge in [-0.05, 0) is 35.4 Å². The summed E-state index contributed by atoms with van der Waals surface area (Å²) in [5.41, 5.74) is -0.450. The van der Waals surface area contributed by atoms with Gasteiger partial charge in [-0.25, -0.2) is 0 Å². The Hall–Kier alpha value is -3.08. The molecule has 0 fully saturated rings. The molecular formula is C20H12F16N2. The molecule has 0 amide bonds. The Morgan fingerprint density at radius 1 is 0.342 bits per heavy atom. The lowest BCUT2D eigenvalue weighted by molar-refractivity contribution is -0.449. The highest BCUT2D eigenvalue weighted by atomic mass is 19.4. The standard InChI is InChI=1S/C20H12F16N2/c21-14(22,15(23,24)16(25,26)17(27,28)18(29,30)20(34,35)36)13(19(31,32)33,9-1-5-11(37)6-2-9)10-3-7-12(38)8-4-10/h1-8H,37-38H2. The number of nitrogens with two attached hydrogens (primary N) is 2. The number of benzene rings is 2. The van der Waals surface area contributed by atoms with E-state index in [1.807, 2.05) is 0 Å². The van der Waals surface area contributed by atoms with Crippen LogP contribution in [0.1, 0.15) is 11.1 Å². The predicted octanol–water partition coefficient (Wildman–Crippen LogP) is 7.44. The second-order valence-corrected chi connectivity index (χ2v) is 7.86. The van der Waals surface area contributed by atoms with Crippen LogP contribution in [0.3, 0.4) is 0 Å². The van der Waals surface area contributed by atoms with E-state index in [9.17, 15) is 61.5 Å². The Morgan fingerprint density at radius 3 is 0.868 bits per heavy atom. The highest BCUT2D eigenvalue weighted by molar-refractivity contribution is 5.52. The fourth-order valence-electron chi connectivity index (χ4n) is 3.51. The minimum atomic E-state index is -8.44. The van der Waals surface area contributed by atoms with Crippen LogP contribution in [0.15, 0.2) is 48.5 Å². The van der Waals surface area contributed by atoms with Gasteiger partial charge in [-0.15, -0.1) is 0 Å². The molecule has 0 aliphatic carbocycles. The third kappa shape index (κ3) is 3.97. The van der Waals surface area contributed by atoms with Crippen molar-refractivity contribution in [1.29, 1.82) is 0 Å². The molecule has 2 nitrogen and oxygen atoms in total. The smallest absolute Gasteiger partial charge is 0.399 e. The molecule has 0 atom stereocenters. The number of halogens is 16. The summed E-state index contributed by atoms with van der Waals surface area (Å²) in [7, 11) is 0. The van der Waals surface area contributed by atoms with Gasteiger partial charge in [0.2, 0.25) is 0 Å². The van der Waals surface area contributed by atoms with Crippen LogP contribution >= 0.6 is 0 Å². The second kappa shape index (κ2) is 8.72. The first kappa shape index (κ1) is 31.1. The zero-order valence-corrected chi connectivity index (χ0v) is 17.8. The van der Waals surface area contributed by atoms with Crippen molar-refractivity contribution in [3.63, 3.8) is 0 Å². The predicted molar refractivity (Wildman–Crippen MR) is 99.3 cm³/mol. The van der Waals surface area contributed by atoms with Gasteiger partial charge < -0.3 is 11.5 Å². The van der Waals surface area contributed by atoms with E-state index >= 15 is 8.78 Å². The Balaban J connectivity index is 3.07. The summed E-state index contributed by atoms with van der Waals surface area (Å²) < 4.78 is 223. The zero-order chi connectivity index (χ0) is 30.0. The first-order chi connectivity index (χ1) is 16.7. The van der Waals surface area contributed by atoms with Crippen molar-refractivity contribution >= 4 is 11.4 Å². The maximum absolute atomic E-state index is 15.4. The highest BCUT2D eigenvalue weighted by Gasteiger charge is 2.94. The van der Waals surface area contributed by atoms with Crippen molar-refractivity contribution in [2.24, 2.45) is 0 Å². The average molecular weight is 584 g/mol. The van der Waals surface area contributed by atoms with Crippen LogP contribution in [-0.4, -0.2) is 42.0 Å². The second-order valence-electron chi connectivity index (χ2n) is 7.86. The SMILES string of the molecule is Nc1ccc(C(c2ccc(N)cc2)(C(F)(F)F)C(F)(F)C(F)(F)C(F)(F)C(F)(F)C(F)(F)C(F)(F)F)cc1. The quantitative estimate of drug-likeness (QED) is 0.263. The molecule has 0 aromatic heterocycles. The van der Waals surface area contributed by atoms with Crippen molar-refractivity contribution in [3.05, 3.63) is 59.7 Å². The van der Waals surface area contributed by atoms with Gasteiger partial charge in [0.05, 0.1) is 0 Å². The number of hydrogen-bond acceptors (Lipinski definition) is 2. The summed E-state index contributed by atoms with van der Waals surface area (Å²) in [6.07, 6.45) is -14.6. The molecule has 4 N–H and O–H groups in total. The Labute approximate surface area is 201 Å². The van der Waals surface area contributed by atoms with Crippen LogP contribution in [0.25, 0.3) is 0 Å². The van der Waals surface area contributed by atoms with Crippen LogP contribution in [0.4, 0.5) is 81.6 Å². The van der Waals surface area contributed by atoms with E-state index < -0.39 is 69.9 Å². The molecule has 2 rings (SSSR count). The topological polar surface area (TPSA) is 52.0 Å². The van der Waals surface area contributed by atoms with E-state index in [0.717, 1.165) is 0 Å². The fraction of sp³-hybridized carbons (Fsp3) is 0.400. The van der Waals surface area contributed by atoms with Crippen LogP contribution in [0.2, 0.25) is 0 Å². The Bertz CT molecular complexity index is 1090. The number of rotatable bonds is 7. The van der Waals surface area contributed by atoms with E-state index in [1.165, 1.54) is 0 Å². The van der Waals surface area contributed by atoms with Crippen LogP contribution in [0, 0.1) is 0 Å². The molecule has 0 aliphatic heterocycles. The lowest BCUT2D eigenvalue weighted by atomic mass is 9.65. The molecule has 38 heavy (non-hydrogen) atoms. The van der Waals surface area contributed by atoms with Gasteiger partial charge >= 0.3 is 42.0 Å². The van der Waals surface area contributed by atoms with Crippen LogP contribution in [0.5, 0.6) is 0 Å². The molecule has 0 heterocycles. The summed E-state index contributed by atoms with van der Waals surface area (Å²) in [5, 5.41) is 0. The molecule has 2 aromatic carbocycles. The van der Waals surface area contributed by atoms with E-state index in [-0.39, 0.29) is 24.3 Å². The van der Waals surface area contributed by atoms with Gasteiger partial charge in [-0.2, -0.15) is 70.2 Å². The summed E-state index contributed by atoms with van der Waals surface area (Å²) in [6, 6.07) is 1.37. The number of nitrogen functional groups attached to an aromatic ring is 2. The lowest BCUT2D eigenvalue weighted by Crippen LogP contribution is -2.75. The molecule has 0 bridgehead atoms. The molecule has 0 saturated carbocycles. The zero-order valence-electron chi connectivity index (χ0n) is 17.8. The largest absolute Gasteiger partial charge is 0.460 e. The van der Waals surface area contributed by atoms with Crippen molar-refractivity contribution in [1.82, 2.24) is 0 Å². The number of alkyl halides is 16. The monoisotopic (exact) mass is 584 g/mol. The lowest BCUT2D eigenvalue weighted by Gasteiger charge is -2.48. The Morgan fingerprint density at radius 2 is 0.605 bits per heavy atom. The third-order valence-corrected chi connectivity index (χ3v) is 5.52. The van der Waals surface area contributed by atoms with E-state index in [4.69, 9.17) is 11.5 Å². The van der Waals surface area contributed by atoms with Crippen molar-refractivity contribution in [2.45, 2.75) is 47.4 Å². The van der Waals surface area contributed by atoms with Gasteiger partial charge in [-0.1, -0.05) is 24.3 Å². The van der Waals surface area contributed by atoms with Crippen LogP contribution < -0.4 is 11.5 Å². The molecule has 18 heteroatoms. The maximum atomic E-state index is 15.4. The number of anilines is 2. The van der Waals surface area contributed by atoms with Crippen molar-refractivity contribution in [3.8, 4) is 0 Å². The minimum Gasteiger partial charge on any atom is -0.399 e. The van der Waals surface area contributed by atoms with Gasteiger partial charge in [0.25, 0.3) is 0 Å². The molecule has 0 spiro atoms. The summed E-state index contributed by atoms with van der Waals surface area (Å²) in [4.78, 5) is 0.